The van der Waals surface area contributed by atoms with Crippen LogP contribution in [0.25, 0.3) is 0 Å². The summed E-state index contributed by atoms with van der Waals surface area (Å²) < 4.78 is 26.6. The summed E-state index contributed by atoms with van der Waals surface area (Å²) in [5.41, 5.74) is -0.0216. The van der Waals surface area contributed by atoms with E-state index in [2.05, 4.69) is 5.32 Å². The smallest absolute Gasteiger partial charge is 0.236 e. The van der Waals surface area contributed by atoms with Crippen molar-refractivity contribution in [2.24, 2.45) is 0 Å². The number of carbonyl (C=O) groups excluding carboxylic acids is 1. The summed E-state index contributed by atoms with van der Waals surface area (Å²) in [6.45, 7) is 1.72. The van der Waals surface area contributed by atoms with Gasteiger partial charge in [0.1, 0.15) is 11.6 Å². The van der Waals surface area contributed by atoms with Crippen molar-refractivity contribution in [3.63, 3.8) is 0 Å². The Bertz CT molecular complexity index is 411. The lowest BCUT2D eigenvalue weighted by atomic mass is 10.2. The predicted molar refractivity (Wildman–Crippen MR) is 63.9 cm³/mol. The summed E-state index contributed by atoms with van der Waals surface area (Å²) in [4.78, 5) is 13.4. The number of carbonyl (C=O) groups is 1. The van der Waals surface area contributed by atoms with Gasteiger partial charge in [-0.15, -0.1) is 0 Å². The van der Waals surface area contributed by atoms with E-state index in [1.165, 1.54) is 18.2 Å². The lowest BCUT2D eigenvalue weighted by molar-refractivity contribution is -0.129. The zero-order chi connectivity index (χ0) is 13.0. The molecule has 18 heavy (non-hydrogen) atoms. The molecule has 3 nitrogen and oxygen atoms in total. The SMILES string of the molecule is O=C(CNCc1c(F)cccc1F)N1CCCC1. The molecule has 98 valence electrons. The Morgan fingerprint density at radius 1 is 1.22 bits per heavy atom. The van der Waals surface area contributed by atoms with Crippen LogP contribution in [0.5, 0.6) is 0 Å². The highest BCUT2D eigenvalue weighted by atomic mass is 19.1. The van der Waals surface area contributed by atoms with Crippen LogP contribution in [0.4, 0.5) is 8.78 Å². The highest BCUT2D eigenvalue weighted by Gasteiger charge is 2.17. The van der Waals surface area contributed by atoms with Crippen LogP contribution in [0.15, 0.2) is 18.2 Å². The van der Waals surface area contributed by atoms with Crippen LogP contribution < -0.4 is 5.32 Å². The van der Waals surface area contributed by atoms with Crippen LogP contribution >= 0.6 is 0 Å². The first kappa shape index (κ1) is 13.0. The fraction of sp³-hybridized carbons (Fsp3) is 0.462. The molecule has 0 saturated carbocycles. The molecule has 0 aliphatic carbocycles. The van der Waals surface area contributed by atoms with Crippen molar-refractivity contribution in [3.8, 4) is 0 Å². The number of halogens is 2. The number of hydrogen-bond donors (Lipinski definition) is 1. The van der Waals surface area contributed by atoms with Crippen LogP contribution in [-0.4, -0.2) is 30.4 Å². The Labute approximate surface area is 105 Å². The number of hydrogen-bond acceptors (Lipinski definition) is 2. The third-order valence-corrected chi connectivity index (χ3v) is 3.10. The van der Waals surface area contributed by atoms with Crippen LogP contribution in [-0.2, 0) is 11.3 Å². The number of benzene rings is 1. The Balaban J connectivity index is 1.83. The third kappa shape index (κ3) is 3.04. The van der Waals surface area contributed by atoms with Crippen molar-refractivity contribution >= 4 is 5.91 Å². The van der Waals surface area contributed by atoms with E-state index in [0.717, 1.165) is 25.9 Å². The molecule has 1 aromatic rings. The van der Waals surface area contributed by atoms with Crippen LogP contribution in [0, 0.1) is 11.6 Å². The molecule has 0 bridgehead atoms. The first-order chi connectivity index (χ1) is 8.68. The van der Waals surface area contributed by atoms with Crippen molar-refractivity contribution in [2.45, 2.75) is 19.4 Å². The second-order valence-corrected chi connectivity index (χ2v) is 4.39. The Morgan fingerprint density at radius 2 is 1.83 bits per heavy atom. The summed E-state index contributed by atoms with van der Waals surface area (Å²) in [5, 5.41) is 2.79. The average Bonchev–Trinajstić information content (AvgIpc) is 2.86. The number of nitrogens with zero attached hydrogens (tertiary/aromatic N) is 1. The van der Waals surface area contributed by atoms with Gasteiger partial charge in [-0.1, -0.05) is 6.07 Å². The largest absolute Gasteiger partial charge is 0.342 e. The zero-order valence-corrected chi connectivity index (χ0v) is 10.1. The van der Waals surface area contributed by atoms with Crippen molar-refractivity contribution in [1.82, 2.24) is 10.2 Å². The summed E-state index contributed by atoms with van der Waals surface area (Å²) in [6.07, 6.45) is 2.07. The van der Waals surface area contributed by atoms with Gasteiger partial charge >= 0.3 is 0 Å². The van der Waals surface area contributed by atoms with E-state index < -0.39 is 11.6 Å². The lowest BCUT2D eigenvalue weighted by Crippen LogP contribution is -2.36. The van der Waals surface area contributed by atoms with Crippen LogP contribution in [0.2, 0.25) is 0 Å². The maximum Gasteiger partial charge on any atom is 0.236 e. The quantitative estimate of drug-likeness (QED) is 0.886. The molecule has 1 saturated heterocycles. The number of amides is 1. The van der Waals surface area contributed by atoms with E-state index >= 15 is 0 Å². The van der Waals surface area contributed by atoms with Gasteiger partial charge < -0.3 is 10.2 Å². The molecule has 2 rings (SSSR count). The zero-order valence-electron chi connectivity index (χ0n) is 10.1. The molecule has 0 radical (unpaired) electrons. The van der Waals surface area contributed by atoms with Gasteiger partial charge in [-0.25, -0.2) is 8.78 Å². The van der Waals surface area contributed by atoms with E-state index in [9.17, 15) is 13.6 Å². The Kier molecular flexibility index (Phi) is 4.25. The van der Waals surface area contributed by atoms with E-state index in [1.54, 1.807) is 4.90 Å². The molecular formula is C13H16F2N2O. The highest BCUT2D eigenvalue weighted by molar-refractivity contribution is 5.78. The second kappa shape index (κ2) is 5.91. The van der Waals surface area contributed by atoms with Crippen molar-refractivity contribution < 1.29 is 13.6 Å². The minimum atomic E-state index is -0.587. The molecule has 0 spiro atoms. The first-order valence-corrected chi connectivity index (χ1v) is 6.10. The van der Waals surface area contributed by atoms with E-state index in [-0.39, 0.29) is 24.6 Å². The van der Waals surface area contributed by atoms with E-state index in [1.807, 2.05) is 0 Å². The summed E-state index contributed by atoms with van der Waals surface area (Å²) in [5.74, 6) is -1.18. The normalized spacial score (nSPS) is 15.1. The molecule has 1 fully saturated rings. The molecule has 1 N–H and O–H groups in total. The molecule has 1 heterocycles. The molecule has 5 heteroatoms. The molecule has 1 aliphatic rings. The van der Waals surface area contributed by atoms with Crippen molar-refractivity contribution in [2.75, 3.05) is 19.6 Å². The molecule has 1 amide bonds. The predicted octanol–water partition coefficient (Wildman–Crippen LogP) is 1.68. The third-order valence-electron chi connectivity index (χ3n) is 3.10. The van der Waals surface area contributed by atoms with Gasteiger partial charge in [-0.3, -0.25) is 4.79 Å². The van der Waals surface area contributed by atoms with Gasteiger partial charge in [0.05, 0.1) is 6.54 Å². The summed E-state index contributed by atoms with van der Waals surface area (Å²) in [6, 6.07) is 3.74. The molecule has 1 aliphatic heterocycles. The monoisotopic (exact) mass is 254 g/mol. The van der Waals surface area contributed by atoms with Gasteiger partial charge in [0.25, 0.3) is 0 Å². The summed E-state index contributed by atoms with van der Waals surface area (Å²) >= 11 is 0. The first-order valence-electron chi connectivity index (χ1n) is 6.10. The maximum absolute atomic E-state index is 13.3. The van der Waals surface area contributed by atoms with Gasteiger partial charge in [-0.05, 0) is 25.0 Å². The maximum atomic E-state index is 13.3. The Morgan fingerprint density at radius 3 is 2.44 bits per heavy atom. The van der Waals surface area contributed by atoms with Gasteiger partial charge in [-0.2, -0.15) is 0 Å². The molecule has 0 unspecified atom stereocenters. The van der Waals surface area contributed by atoms with Crippen LogP contribution in [0.3, 0.4) is 0 Å². The van der Waals surface area contributed by atoms with Crippen LogP contribution in [0.1, 0.15) is 18.4 Å². The number of rotatable bonds is 4. The molecule has 0 aromatic heterocycles. The van der Waals surface area contributed by atoms with Crippen molar-refractivity contribution in [1.29, 1.82) is 0 Å². The molecular weight excluding hydrogens is 238 g/mol. The second-order valence-electron chi connectivity index (χ2n) is 4.39. The van der Waals surface area contributed by atoms with Gasteiger partial charge in [0.15, 0.2) is 0 Å². The fourth-order valence-corrected chi connectivity index (χ4v) is 2.07. The molecule has 1 aromatic carbocycles. The van der Waals surface area contributed by atoms with Gasteiger partial charge in [0.2, 0.25) is 5.91 Å². The van der Waals surface area contributed by atoms with Gasteiger partial charge in [0, 0.05) is 25.2 Å². The van der Waals surface area contributed by atoms with Crippen molar-refractivity contribution in [3.05, 3.63) is 35.4 Å². The highest BCUT2D eigenvalue weighted by Crippen LogP contribution is 2.11. The topological polar surface area (TPSA) is 32.3 Å². The fourth-order valence-electron chi connectivity index (χ4n) is 2.07. The lowest BCUT2D eigenvalue weighted by Gasteiger charge is -2.15. The van der Waals surface area contributed by atoms with E-state index in [4.69, 9.17) is 0 Å². The Hall–Kier alpha value is -1.49. The van der Waals surface area contributed by atoms with E-state index in [0.29, 0.717) is 0 Å². The standard InChI is InChI=1S/C13H16F2N2O/c14-11-4-3-5-12(15)10(11)8-16-9-13(18)17-6-1-2-7-17/h3-5,16H,1-2,6-9H2. The number of likely N-dealkylation sites (tertiary alicyclic amines) is 1. The average molecular weight is 254 g/mol. The summed E-state index contributed by atoms with van der Waals surface area (Å²) in [7, 11) is 0. The molecule has 0 atom stereocenters. The minimum Gasteiger partial charge on any atom is -0.342 e. The number of nitrogens with one attached hydrogen (secondary N) is 1. The minimum absolute atomic E-state index is 0.00996.